The lowest BCUT2D eigenvalue weighted by atomic mass is 10.0. The number of hydrogen-bond donors (Lipinski definition) is 1. The molecule has 0 spiro atoms. The molecular weight excluding hydrogens is 302 g/mol. The van der Waals surface area contributed by atoms with E-state index >= 15 is 0 Å². The zero-order valence-electron chi connectivity index (χ0n) is 14.6. The molecule has 0 saturated carbocycles. The first-order valence-electron chi connectivity index (χ1n) is 8.97. The molecule has 1 N–H and O–H groups in total. The maximum Gasteiger partial charge on any atom is 0.228 e. The van der Waals surface area contributed by atoms with E-state index in [1.54, 1.807) is 4.90 Å². The number of hydrogen-bond acceptors (Lipinski definition) is 3. The molecule has 1 aromatic rings. The number of anilines is 1. The summed E-state index contributed by atoms with van der Waals surface area (Å²) >= 11 is 0. The Labute approximate surface area is 144 Å². The van der Waals surface area contributed by atoms with Crippen LogP contribution in [0.3, 0.4) is 0 Å². The number of nitrogens with one attached hydrogen (secondary N) is 1. The summed E-state index contributed by atoms with van der Waals surface area (Å²) in [5, 5.41) is 3.28. The van der Waals surface area contributed by atoms with Gasteiger partial charge in [0.05, 0.1) is 5.92 Å². The Bertz CT molecular complexity index is 591. The molecule has 2 saturated heterocycles. The van der Waals surface area contributed by atoms with Crippen LogP contribution in [-0.4, -0.2) is 49.4 Å². The van der Waals surface area contributed by atoms with Crippen LogP contribution in [0.1, 0.15) is 31.7 Å². The first-order chi connectivity index (χ1) is 11.6. The fourth-order valence-electron chi connectivity index (χ4n) is 3.68. The van der Waals surface area contributed by atoms with Crippen LogP contribution in [-0.2, 0) is 16.0 Å². The van der Waals surface area contributed by atoms with Gasteiger partial charge in [0.1, 0.15) is 0 Å². The Kier molecular flexibility index (Phi) is 5.19. The molecule has 2 amide bonds. The third-order valence-electron chi connectivity index (χ3n) is 5.35. The third kappa shape index (κ3) is 3.46. The van der Waals surface area contributed by atoms with E-state index in [0.717, 1.165) is 38.0 Å². The quantitative estimate of drug-likeness (QED) is 0.917. The summed E-state index contributed by atoms with van der Waals surface area (Å²) in [4.78, 5) is 28.8. The average molecular weight is 329 g/mol. The number of piperidine rings is 1. The number of rotatable bonds is 4. The molecule has 0 aliphatic carbocycles. The molecule has 130 valence electrons. The van der Waals surface area contributed by atoms with E-state index in [1.807, 2.05) is 24.1 Å². The first kappa shape index (κ1) is 17.0. The van der Waals surface area contributed by atoms with Crippen molar-refractivity contribution in [1.82, 2.24) is 10.2 Å². The van der Waals surface area contributed by atoms with Crippen molar-refractivity contribution < 1.29 is 9.59 Å². The molecule has 24 heavy (non-hydrogen) atoms. The number of amides is 2. The van der Waals surface area contributed by atoms with E-state index in [1.165, 1.54) is 5.56 Å². The zero-order valence-corrected chi connectivity index (χ0v) is 14.6. The molecule has 3 rings (SSSR count). The molecule has 1 aromatic carbocycles. The second-order valence-corrected chi connectivity index (χ2v) is 6.81. The second kappa shape index (κ2) is 7.34. The van der Waals surface area contributed by atoms with E-state index in [4.69, 9.17) is 0 Å². The summed E-state index contributed by atoms with van der Waals surface area (Å²) in [7, 11) is 1.97. The standard InChI is InChI=1S/C19H27N3O2/c1-3-14-4-6-17(7-5-14)22-13-15(12-18(22)23)19(24)21-10-8-16(20-2)9-11-21/h4-7,15-16,20H,3,8-13H2,1-2H3. The SMILES string of the molecule is CCc1ccc(N2CC(C(=O)N3CCC(NC)CC3)CC2=O)cc1. The Morgan fingerprint density at radius 3 is 2.46 bits per heavy atom. The van der Waals surface area contributed by atoms with Crippen molar-refractivity contribution in [1.29, 1.82) is 0 Å². The fourth-order valence-corrected chi connectivity index (χ4v) is 3.68. The van der Waals surface area contributed by atoms with Gasteiger partial charge >= 0.3 is 0 Å². The number of aryl methyl sites for hydroxylation is 1. The number of likely N-dealkylation sites (tertiary alicyclic amines) is 1. The van der Waals surface area contributed by atoms with E-state index in [9.17, 15) is 9.59 Å². The summed E-state index contributed by atoms with van der Waals surface area (Å²) in [6, 6.07) is 8.60. The molecule has 2 aliphatic heterocycles. The van der Waals surface area contributed by atoms with Gasteiger partial charge in [0, 0.05) is 37.8 Å². The molecule has 0 radical (unpaired) electrons. The largest absolute Gasteiger partial charge is 0.342 e. The van der Waals surface area contributed by atoms with Crippen molar-refractivity contribution in [2.24, 2.45) is 5.92 Å². The maximum atomic E-state index is 12.7. The lowest BCUT2D eigenvalue weighted by Crippen LogP contribution is -2.46. The predicted molar refractivity (Wildman–Crippen MR) is 94.9 cm³/mol. The minimum absolute atomic E-state index is 0.0581. The number of benzene rings is 1. The number of nitrogens with zero attached hydrogens (tertiary/aromatic N) is 2. The highest BCUT2D eigenvalue weighted by Crippen LogP contribution is 2.27. The summed E-state index contributed by atoms with van der Waals surface area (Å²) in [6.45, 7) is 4.21. The highest BCUT2D eigenvalue weighted by atomic mass is 16.2. The number of carbonyl (C=O) groups is 2. The van der Waals surface area contributed by atoms with Gasteiger partial charge in [-0.15, -0.1) is 0 Å². The Hall–Kier alpha value is -1.88. The molecule has 5 heteroatoms. The Morgan fingerprint density at radius 2 is 1.88 bits per heavy atom. The van der Waals surface area contributed by atoms with Gasteiger partial charge in [-0.2, -0.15) is 0 Å². The van der Waals surface area contributed by atoms with Crippen LogP contribution < -0.4 is 10.2 Å². The van der Waals surface area contributed by atoms with Crippen LogP contribution >= 0.6 is 0 Å². The summed E-state index contributed by atoms with van der Waals surface area (Å²) in [5.74, 6) is 0.00257. The van der Waals surface area contributed by atoms with Crippen LogP contribution in [0, 0.1) is 5.92 Å². The van der Waals surface area contributed by atoms with Crippen molar-refractivity contribution in [3.8, 4) is 0 Å². The van der Waals surface area contributed by atoms with Crippen LogP contribution in [0.2, 0.25) is 0 Å². The molecule has 1 atom stereocenters. The van der Waals surface area contributed by atoms with Gasteiger partial charge in [-0.25, -0.2) is 0 Å². The summed E-state index contributed by atoms with van der Waals surface area (Å²) in [5.41, 5.74) is 2.16. The highest BCUT2D eigenvalue weighted by molar-refractivity contribution is 6.00. The van der Waals surface area contributed by atoms with Crippen molar-refractivity contribution in [3.63, 3.8) is 0 Å². The molecule has 1 unspecified atom stereocenters. The minimum Gasteiger partial charge on any atom is -0.342 e. The topological polar surface area (TPSA) is 52.7 Å². The molecule has 2 heterocycles. The maximum absolute atomic E-state index is 12.7. The highest BCUT2D eigenvalue weighted by Gasteiger charge is 2.37. The Morgan fingerprint density at radius 1 is 1.21 bits per heavy atom. The van der Waals surface area contributed by atoms with Crippen LogP contribution in [0.25, 0.3) is 0 Å². The molecule has 5 nitrogen and oxygen atoms in total. The molecule has 0 bridgehead atoms. The van der Waals surface area contributed by atoms with Gasteiger partial charge in [-0.05, 0) is 44.0 Å². The van der Waals surface area contributed by atoms with Gasteiger partial charge in [0.15, 0.2) is 0 Å². The minimum atomic E-state index is -0.200. The van der Waals surface area contributed by atoms with Gasteiger partial charge in [0.2, 0.25) is 11.8 Å². The molecule has 2 fully saturated rings. The smallest absolute Gasteiger partial charge is 0.228 e. The van der Waals surface area contributed by atoms with Crippen LogP contribution in [0.5, 0.6) is 0 Å². The van der Waals surface area contributed by atoms with Crippen LogP contribution in [0.15, 0.2) is 24.3 Å². The molecule has 2 aliphatic rings. The van der Waals surface area contributed by atoms with Gasteiger partial charge < -0.3 is 15.1 Å². The first-order valence-corrected chi connectivity index (χ1v) is 8.97. The normalized spacial score (nSPS) is 22.2. The van der Waals surface area contributed by atoms with Gasteiger partial charge in [-0.3, -0.25) is 9.59 Å². The zero-order chi connectivity index (χ0) is 17.1. The van der Waals surface area contributed by atoms with Crippen molar-refractivity contribution in [2.75, 3.05) is 31.6 Å². The lowest BCUT2D eigenvalue weighted by molar-refractivity contribution is -0.136. The fraction of sp³-hybridized carbons (Fsp3) is 0.579. The van der Waals surface area contributed by atoms with Crippen molar-refractivity contribution >= 4 is 17.5 Å². The number of carbonyl (C=O) groups excluding carboxylic acids is 2. The average Bonchev–Trinajstić information content (AvgIpc) is 3.03. The molecular formula is C19H27N3O2. The van der Waals surface area contributed by atoms with E-state index in [-0.39, 0.29) is 17.7 Å². The molecule has 0 aromatic heterocycles. The van der Waals surface area contributed by atoms with Crippen molar-refractivity contribution in [3.05, 3.63) is 29.8 Å². The van der Waals surface area contributed by atoms with E-state index < -0.39 is 0 Å². The second-order valence-electron chi connectivity index (χ2n) is 6.81. The van der Waals surface area contributed by atoms with E-state index in [2.05, 4.69) is 24.4 Å². The Balaban J connectivity index is 1.62. The third-order valence-corrected chi connectivity index (χ3v) is 5.35. The van der Waals surface area contributed by atoms with E-state index in [0.29, 0.717) is 19.0 Å². The lowest BCUT2D eigenvalue weighted by Gasteiger charge is -2.33. The monoisotopic (exact) mass is 329 g/mol. The van der Waals surface area contributed by atoms with Gasteiger partial charge in [-0.1, -0.05) is 19.1 Å². The summed E-state index contributed by atoms with van der Waals surface area (Å²) in [6.07, 6.45) is 3.30. The van der Waals surface area contributed by atoms with Crippen molar-refractivity contribution in [2.45, 2.75) is 38.6 Å². The predicted octanol–water partition coefficient (Wildman–Crippen LogP) is 1.81. The summed E-state index contributed by atoms with van der Waals surface area (Å²) < 4.78 is 0. The van der Waals surface area contributed by atoms with Crippen LogP contribution in [0.4, 0.5) is 5.69 Å². The van der Waals surface area contributed by atoms with Gasteiger partial charge in [0.25, 0.3) is 0 Å².